The maximum atomic E-state index is 12.8. The van der Waals surface area contributed by atoms with Crippen molar-refractivity contribution in [2.75, 3.05) is 6.61 Å². The first-order chi connectivity index (χ1) is 5.96. The monoisotopic (exact) mass is 220 g/mol. The van der Waals surface area contributed by atoms with Gasteiger partial charge in [-0.25, -0.2) is 8.78 Å². The van der Waals surface area contributed by atoms with Crippen LogP contribution in [0.15, 0.2) is 0 Å². The lowest BCUT2D eigenvalue weighted by molar-refractivity contribution is -0.327. The van der Waals surface area contributed by atoms with Crippen molar-refractivity contribution in [1.82, 2.24) is 0 Å². The minimum Gasteiger partial charge on any atom is -0.292 e. The Morgan fingerprint density at radius 1 is 0.929 bits per heavy atom. The van der Waals surface area contributed by atoms with E-state index >= 15 is 0 Å². The van der Waals surface area contributed by atoms with E-state index in [1.807, 2.05) is 0 Å². The third-order valence-corrected chi connectivity index (χ3v) is 2.18. The van der Waals surface area contributed by atoms with Crippen LogP contribution in [0, 0.1) is 5.41 Å². The molecule has 1 nitrogen and oxygen atoms in total. The molecule has 6 heteroatoms. The lowest BCUT2D eigenvalue weighted by Gasteiger charge is -2.31. The molecule has 0 rings (SSSR count). The SMILES string of the molecule is CC(F)(F)C(C)(C)CCOC(F)(F)F. The highest BCUT2D eigenvalue weighted by Crippen LogP contribution is 2.38. The predicted octanol–water partition coefficient (Wildman–Crippen LogP) is 3.59. The van der Waals surface area contributed by atoms with Crippen molar-refractivity contribution in [3.05, 3.63) is 0 Å². The second-order valence-corrected chi connectivity index (χ2v) is 3.82. The van der Waals surface area contributed by atoms with Gasteiger partial charge in [0, 0.05) is 5.41 Å². The number of rotatable bonds is 4. The van der Waals surface area contributed by atoms with Gasteiger partial charge in [-0.05, 0) is 13.3 Å². The summed E-state index contributed by atoms with van der Waals surface area (Å²) < 4.78 is 63.5. The quantitative estimate of drug-likeness (QED) is 0.658. The van der Waals surface area contributed by atoms with E-state index in [-0.39, 0.29) is 6.42 Å². The number of ether oxygens (including phenoxy) is 1. The van der Waals surface area contributed by atoms with Crippen LogP contribution in [-0.4, -0.2) is 18.9 Å². The minimum atomic E-state index is -4.75. The van der Waals surface area contributed by atoms with Crippen LogP contribution in [0.3, 0.4) is 0 Å². The van der Waals surface area contributed by atoms with Gasteiger partial charge in [0.15, 0.2) is 0 Å². The molecule has 0 radical (unpaired) electrons. The van der Waals surface area contributed by atoms with E-state index in [2.05, 4.69) is 4.74 Å². The average molecular weight is 220 g/mol. The van der Waals surface area contributed by atoms with Crippen LogP contribution < -0.4 is 0 Å². The van der Waals surface area contributed by atoms with Crippen LogP contribution in [0.25, 0.3) is 0 Å². The second-order valence-electron chi connectivity index (χ2n) is 3.82. The van der Waals surface area contributed by atoms with Gasteiger partial charge in [0.2, 0.25) is 5.92 Å². The molecule has 0 fully saturated rings. The normalized spacial score (nSPS) is 14.6. The maximum absolute atomic E-state index is 12.8. The molecule has 0 saturated carbocycles. The smallest absolute Gasteiger partial charge is 0.292 e. The zero-order valence-electron chi connectivity index (χ0n) is 8.21. The molecule has 0 amide bonds. The Bertz CT molecular complexity index is 179. The first-order valence-corrected chi connectivity index (χ1v) is 4.04. The number of hydrogen-bond acceptors (Lipinski definition) is 1. The molecule has 0 aliphatic carbocycles. The molecule has 0 spiro atoms. The van der Waals surface area contributed by atoms with Gasteiger partial charge in [-0.1, -0.05) is 13.8 Å². The van der Waals surface area contributed by atoms with Crippen molar-refractivity contribution in [3.63, 3.8) is 0 Å². The fraction of sp³-hybridized carbons (Fsp3) is 1.00. The van der Waals surface area contributed by atoms with Crippen LogP contribution in [0.1, 0.15) is 27.2 Å². The molecular formula is C8H13F5O. The fourth-order valence-electron chi connectivity index (χ4n) is 0.641. The van der Waals surface area contributed by atoms with Gasteiger partial charge >= 0.3 is 6.36 Å². The fourth-order valence-corrected chi connectivity index (χ4v) is 0.641. The molecule has 86 valence electrons. The Hall–Kier alpha value is -0.390. The topological polar surface area (TPSA) is 9.23 Å². The van der Waals surface area contributed by atoms with Crippen LogP contribution in [0.4, 0.5) is 22.0 Å². The summed E-state index contributed by atoms with van der Waals surface area (Å²) >= 11 is 0. The molecule has 0 bridgehead atoms. The van der Waals surface area contributed by atoms with Crippen LogP contribution in [0.5, 0.6) is 0 Å². The molecule has 14 heavy (non-hydrogen) atoms. The molecule has 0 saturated heterocycles. The van der Waals surface area contributed by atoms with Gasteiger partial charge in [0.25, 0.3) is 0 Å². The third-order valence-electron chi connectivity index (χ3n) is 2.18. The van der Waals surface area contributed by atoms with Gasteiger partial charge < -0.3 is 0 Å². The minimum absolute atomic E-state index is 0.351. The highest BCUT2D eigenvalue weighted by Gasteiger charge is 2.42. The van der Waals surface area contributed by atoms with Crippen molar-refractivity contribution in [1.29, 1.82) is 0 Å². The third kappa shape index (κ3) is 4.74. The largest absolute Gasteiger partial charge is 0.522 e. The molecule has 0 unspecified atom stereocenters. The average Bonchev–Trinajstić information content (AvgIpc) is 1.80. The van der Waals surface area contributed by atoms with Gasteiger partial charge in [0.1, 0.15) is 0 Å². The van der Waals surface area contributed by atoms with E-state index in [0.29, 0.717) is 6.92 Å². The number of alkyl halides is 5. The number of hydrogen-bond donors (Lipinski definition) is 0. The Morgan fingerprint density at radius 3 is 1.64 bits per heavy atom. The zero-order valence-corrected chi connectivity index (χ0v) is 8.21. The summed E-state index contributed by atoms with van der Waals surface area (Å²) in [5, 5.41) is 0. The highest BCUT2D eigenvalue weighted by molar-refractivity contribution is 4.81. The molecule has 0 aliphatic rings. The Balaban J connectivity index is 4.02. The highest BCUT2D eigenvalue weighted by atomic mass is 19.4. The predicted molar refractivity (Wildman–Crippen MR) is 41.0 cm³/mol. The molecule has 0 aromatic heterocycles. The molecular weight excluding hydrogens is 207 g/mol. The van der Waals surface area contributed by atoms with E-state index in [9.17, 15) is 22.0 Å². The summed E-state index contributed by atoms with van der Waals surface area (Å²) in [6.07, 6.45) is -5.10. The first-order valence-electron chi connectivity index (χ1n) is 4.04. The van der Waals surface area contributed by atoms with Crippen molar-refractivity contribution in [2.24, 2.45) is 5.41 Å². The van der Waals surface area contributed by atoms with Crippen LogP contribution >= 0.6 is 0 Å². The lowest BCUT2D eigenvalue weighted by atomic mass is 9.83. The van der Waals surface area contributed by atoms with Crippen molar-refractivity contribution in [2.45, 2.75) is 39.5 Å². The summed E-state index contributed by atoms with van der Waals surface area (Å²) in [6, 6.07) is 0. The summed E-state index contributed by atoms with van der Waals surface area (Å²) in [4.78, 5) is 0. The van der Waals surface area contributed by atoms with E-state index in [1.165, 1.54) is 13.8 Å². The molecule has 0 atom stereocenters. The van der Waals surface area contributed by atoms with Gasteiger partial charge in [0.05, 0.1) is 6.61 Å². The van der Waals surface area contributed by atoms with Gasteiger partial charge in [-0.15, -0.1) is 13.2 Å². The van der Waals surface area contributed by atoms with Gasteiger partial charge in [-0.2, -0.15) is 0 Å². The molecule has 0 aromatic rings. The standard InChI is InChI=1S/C8H13F5O/c1-6(2,7(3,9)10)4-5-14-8(11,12)13/h4-5H2,1-3H3. The Morgan fingerprint density at radius 2 is 1.36 bits per heavy atom. The summed E-state index contributed by atoms with van der Waals surface area (Å²) in [5.41, 5.74) is -1.50. The molecule has 0 heterocycles. The summed E-state index contributed by atoms with van der Waals surface area (Å²) in [5.74, 6) is -3.03. The molecule has 0 aliphatic heterocycles. The summed E-state index contributed by atoms with van der Waals surface area (Å²) in [6.45, 7) is 2.33. The first kappa shape index (κ1) is 13.6. The Labute approximate surface area is 79.2 Å². The maximum Gasteiger partial charge on any atom is 0.522 e. The van der Waals surface area contributed by atoms with Crippen LogP contribution in [-0.2, 0) is 4.74 Å². The van der Waals surface area contributed by atoms with E-state index in [1.54, 1.807) is 0 Å². The number of halogens is 5. The molecule has 0 N–H and O–H groups in total. The van der Waals surface area contributed by atoms with Gasteiger partial charge in [-0.3, -0.25) is 4.74 Å². The zero-order chi connectivity index (χ0) is 11.6. The molecule has 0 aromatic carbocycles. The van der Waals surface area contributed by atoms with Crippen molar-refractivity contribution in [3.8, 4) is 0 Å². The Kier molecular flexibility index (Phi) is 3.89. The lowest BCUT2D eigenvalue weighted by Crippen LogP contribution is -2.35. The second kappa shape index (κ2) is 4.00. The summed E-state index contributed by atoms with van der Waals surface area (Å²) in [7, 11) is 0. The van der Waals surface area contributed by atoms with E-state index in [4.69, 9.17) is 0 Å². The van der Waals surface area contributed by atoms with Crippen molar-refractivity contribution < 1.29 is 26.7 Å². The van der Waals surface area contributed by atoms with Crippen molar-refractivity contribution >= 4 is 0 Å². The van der Waals surface area contributed by atoms with E-state index < -0.39 is 24.3 Å². The van der Waals surface area contributed by atoms with E-state index in [0.717, 1.165) is 0 Å². The van der Waals surface area contributed by atoms with Crippen LogP contribution in [0.2, 0.25) is 0 Å².